The Morgan fingerprint density at radius 2 is 0.909 bits per heavy atom. The number of hydrogen-bond donors (Lipinski definition) is 0. The van der Waals surface area contributed by atoms with Crippen molar-refractivity contribution in [2.75, 3.05) is 4.90 Å². The average Bonchev–Trinajstić information content (AvgIpc) is 3.27. The zero-order chi connectivity index (χ0) is 36.6. The fourth-order valence-electron chi connectivity index (χ4n) is 9.26. The second kappa shape index (κ2) is 14.4. The zero-order valence-electron chi connectivity index (χ0n) is 31.0. The Morgan fingerprint density at radius 1 is 0.345 bits per heavy atom. The third-order valence-corrected chi connectivity index (χ3v) is 11.9. The van der Waals surface area contributed by atoms with Gasteiger partial charge in [0.25, 0.3) is 0 Å². The molecule has 1 aliphatic rings. The van der Waals surface area contributed by atoms with Crippen LogP contribution in [0.15, 0.2) is 194 Å². The molecule has 1 aliphatic carbocycles. The molecule has 10 rings (SSSR count). The zero-order valence-corrected chi connectivity index (χ0v) is 31.0. The normalized spacial score (nSPS) is 13.4. The molecule has 1 nitrogen and oxygen atoms in total. The quantitative estimate of drug-likeness (QED) is 0.149. The van der Waals surface area contributed by atoms with E-state index in [1.165, 1.54) is 109 Å². The first-order valence-corrected chi connectivity index (χ1v) is 19.9. The summed E-state index contributed by atoms with van der Waals surface area (Å²) in [5, 5.41) is 7.79. The minimum absolute atomic E-state index is 0.593. The van der Waals surface area contributed by atoms with Crippen LogP contribution in [0, 0.1) is 0 Å². The fourth-order valence-corrected chi connectivity index (χ4v) is 9.26. The Balaban J connectivity index is 1.21. The van der Waals surface area contributed by atoms with Gasteiger partial charge in [-0.25, -0.2) is 0 Å². The van der Waals surface area contributed by atoms with Gasteiger partial charge in [-0.1, -0.05) is 189 Å². The number of para-hydroxylation sites is 2. The third kappa shape index (κ3) is 6.07. The topological polar surface area (TPSA) is 3.24 Å². The largest absolute Gasteiger partial charge is 0.309 e. The number of anilines is 3. The molecule has 264 valence electrons. The first kappa shape index (κ1) is 33.2. The summed E-state index contributed by atoms with van der Waals surface area (Å²) in [6, 6.07) is 71.8. The van der Waals surface area contributed by atoms with Gasteiger partial charge in [-0.2, -0.15) is 0 Å². The van der Waals surface area contributed by atoms with Gasteiger partial charge in [0, 0.05) is 16.8 Å². The summed E-state index contributed by atoms with van der Waals surface area (Å²) in [5.41, 5.74) is 12.3. The summed E-state index contributed by atoms with van der Waals surface area (Å²) in [5.74, 6) is 0.593. The lowest BCUT2D eigenvalue weighted by Gasteiger charge is -2.31. The SMILES string of the molecule is c1ccc(-c2ccc(N(c3ccccc3-c3cccc4c3ccc3ccccc34)c3ccccc3-c3cccc4cccc(C5CCCCC5)c34)cc2)cc1. The summed E-state index contributed by atoms with van der Waals surface area (Å²) >= 11 is 0. The molecule has 0 aliphatic heterocycles. The number of fused-ring (bicyclic) bond motifs is 4. The van der Waals surface area contributed by atoms with E-state index >= 15 is 0 Å². The molecule has 55 heavy (non-hydrogen) atoms. The van der Waals surface area contributed by atoms with E-state index in [1.54, 1.807) is 0 Å². The van der Waals surface area contributed by atoms with Crippen molar-refractivity contribution in [3.05, 3.63) is 200 Å². The van der Waals surface area contributed by atoms with Crippen LogP contribution in [0.2, 0.25) is 0 Å². The lowest BCUT2D eigenvalue weighted by atomic mass is 9.80. The van der Waals surface area contributed by atoms with Crippen LogP contribution in [-0.2, 0) is 0 Å². The highest BCUT2D eigenvalue weighted by Gasteiger charge is 2.24. The monoisotopic (exact) mass is 705 g/mol. The van der Waals surface area contributed by atoms with Gasteiger partial charge in [-0.15, -0.1) is 0 Å². The number of benzene rings is 9. The van der Waals surface area contributed by atoms with Gasteiger partial charge < -0.3 is 4.90 Å². The number of hydrogen-bond acceptors (Lipinski definition) is 1. The van der Waals surface area contributed by atoms with E-state index < -0.39 is 0 Å². The van der Waals surface area contributed by atoms with Gasteiger partial charge in [0.15, 0.2) is 0 Å². The molecule has 0 radical (unpaired) electrons. The minimum Gasteiger partial charge on any atom is -0.309 e. The molecule has 1 saturated carbocycles. The van der Waals surface area contributed by atoms with E-state index in [0.29, 0.717) is 5.92 Å². The van der Waals surface area contributed by atoms with E-state index in [1.807, 2.05) is 0 Å². The van der Waals surface area contributed by atoms with E-state index in [2.05, 4.69) is 199 Å². The molecule has 0 bridgehead atoms. The summed E-state index contributed by atoms with van der Waals surface area (Å²) in [6.07, 6.45) is 6.51. The first-order valence-electron chi connectivity index (χ1n) is 19.9. The lowest BCUT2D eigenvalue weighted by Crippen LogP contribution is -2.12. The van der Waals surface area contributed by atoms with Crippen LogP contribution in [0.1, 0.15) is 43.6 Å². The first-order chi connectivity index (χ1) is 27.3. The summed E-state index contributed by atoms with van der Waals surface area (Å²) in [4.78, 5) is 2.50. The van der Waals surface area contributed by atoms with Gasteiger partial charge in [-0.05, 0) is 103 Å². The Hall–Kier alpha value is -6.44. The van der Waals surface area contributed by atoms with Crippen molar-refractivity contribution in [2.45, 2.75) is 38.0 Å². The van der Waals surface area contributed by atoms with Crippen molar-refractivity contribution < 1.29 is 0 Å². The highest BCUT2D eigenvalue weighted by molar-refractivity contribution is 6.13. The molecule has 0 aromatic heterocycles. The summed E-state index contributed by atoms with van der Waals surface area (Å²) < 4.78 is 0. The van der Waals surface area contributed by atoms with Gasteiger partial charge >= 0.3 is 0 Å². The highest BCUT2D eigenvalue weighted by Crippen LogP contribution is 2.48. The molecule has 0 spiro atoms. The van der Waals surface area contributed by atoms with Crippen LogP contribution in [0.4, 0.5) is 17.1 Å². The Morgan fingerprint density at radius 3 is 1.69 bits per heavy atom. The molecular weight excluding hydrogens is 663 g/mol. The molecule has 0 heterocycles. The van der Waals surface area contributed by atoms with Crippen LogP contribution in [0.3, 0.4) is 0 Å². The second-order valence-electron chi connectivity index (χ2n) is 15.1. The van der Waals surface area contributed by atoms with Crippen molar-refractivity contribution >= 4 is 49.4 Å². The van der Waals surface area contributed by atoms with Crippen molar-refractivity contribution in [3.8, 4) is 33.4 Å². The molecule has 0 amide bonds. The smallest absolute Gasteiger partial charge is 0.0540 e. The Bertz CT molecular complexity index is 2790. The van der Waals surface area contributed by atoms with Gasteiger partial charge in [0.05, 0.1) is 11.4 Å². The van der Waals surface area contributed by atoms with E-state index in [-0.39, 0.29) is 0 Å². The molecule has 0 unspecified atom stereocenters. The molecule has 1 fully saturated rings. The molecule has 0 saturated heterocycles. The maximum absolute atomic E-state index is 2.50. The fraction of sp³-hybridized carbons (Fsp3) is 0.111. The van der Waals surface area contributed by atoms with Gasteiger partial charge in [0.2, 0.25) is 0 Å². The lowest BCUT2D eigenvalue weighted by molar-refractivity contribution is 0.445. The Kier molecular flexibility index (Phi) is 8.69. The highest BCUT2D eigenvalue weighted by atomic mass is 15.1. The van der Waals surface area contributed by atoms with Crippen molar-refractivity contribution in [3.63, 3.8) is 0 Å². The van der Waals surface area contributed by atoms with Gasteiger partial charge in [-0.3, -0.25) is 0 Å². The predicted octanol–water partition coefficient (Wildman–Crippen LogP) is 15.7. The van der Waals surface area contributed by atoms with E-state index in [0.717, 1.165) is 11.4 Å². The average molecular weight is 706 g/mol. The van der Waals surface area contributed by atoms with Crippen LogP contribution < -0.4 is 4.90 Å². The number of rotatable bonds is 7. The molecule has 9 aromatic carbocycles. The van der Waals surface area contributed by atoms with Crippen LogP contribution in [0.5, 0.6) is 0 Å². The van der Waals surface area contributed by atoms with Crippen molar-refractivity contribution in [1.82, 2.24) is 0 Å². The molecular formula is C54H43N. The molecule has 0 atom stereocenters. The van der Waals surface area contributed by atoms with E-state index in [9.17, 15) is 0 Å². The maximum Gasteiger partial charge on any atom is 0.0540 e. The van der Waals surface area contributed by atoms with Crippen LogP contribution in [0.25, 0.3) is 65.7 Å². The van der Waals surface area contributed by atoms with Crippen LogP contribution in [-0.4, -0.2) is 0 Å². The van der Waals surface area contributed by atoms with Crippen LogP contribution >= 0.6 is 0 Å². The second-order valence-corrected chi connectivity index (χ2v) is 15.1. The minimum atomic E-state index is 0.593. The summed E-state index contributed by atoms with van der Waals surface area (Å²) in [6.45, 7) is 0. The standard InChI is InChI=1S/C54H43N/c1-3-16-38(17-4-1)39-32-35-43(36-33-39)55(52-30-11-9-24-49(52)47-28-15-27-46-44-23-8-7-20-41(44)34-37-48(46)47)53-31-12-10-25-50(53)51-29-14-22-42-21-13-26-45(54(42)51)40-18-5-2-6-19-40/h1,3-4,7-17,20-37,40H,2,5-6,18-19H2. The molecule has 0 N–H and O–H groups in total. The molecule has 1 heteroatoms. The Labute approximate surface area is 324 Å². The van der Waals surface area contributed by atoms with Gasteiger partial charge in [0.1, 0.15) is 0 Å². The van der Waals surface area contributed by atoms with Crippen molar-refractivity contribution in [2.24, 2.45) is 0 Å². The molecule has 9 aromatic rings. The summed E-state index contributed by atoms with van der Waals surface area (Å²) in [7, 11) is 0. The maximum atomic E-state index is 2.50. The number of nitrogens with zero attached hydrogens (tertiary/aromatic N) is 1. The third-order valence-electron chi connectivity index (χ3n) is 11.9. The van der Waals surface area contributed by atoms with Crippen molar-refractivity contribution in [1.29, 1.82) is 0 Å². The van der Waals surface area contributed by atoms with E-state index in [4.69, 9.17) is 0 Å². The predicted molar refractivity (Wildman–Crippen MR) is 236 cm³/mol.